The number of fused-ring (bicyclic) bond motifs is 1. The molecule has 0 spiro atoms. The molecule has 14 heavy (non-hydrogen) atoms. The van der Waals surface area contributed by atoms with Crippen LogP contribution in [0.1, 0.15) is 30.0 Å². The minimum Gasteiger partial charge on any atom is -0.497 e. The zero-order chi connectivity index (χ0) is 9.26. The van der Waals surface area contributed by atoms with Crippen molar-refractivity contribution in [2.45, 2.75) is 25.3 Å². The molecule has 78 valence electrons. The normalized spacial score (nSPS) is 19.4. The zero-order valence-corrected chi connectivity index (χ0v) is 9.14. The molecule has 0 aliphatic heterocycles. The number of nitrogens with two attached hydrogens (primary N) is 1. The first kappa shape index (κ1) is 11.3. The SMILES string of the molecule is COc1ccc2c(c1)[C@@H](N)CCC2.Cl. The molecule has 2 nitrogen and oxygen atoms in total. The van der Waals surface area contributed by atoms with Crippen molar-refractivity contribution in [3.63, 3.8) is 0 Å². The van der Waals surface area contributed by atoms with E-state index in [2.05, 4.69) is 12.1 Å². The van der Waals surface area contributed by atoms with Gasteiger partial charge in [-0.1, -0.05) is 6.07 Å². The summed E-state index contributed by atoms with van der Waals surface area (Å²) in [6, 6.07) is 6.42. The second-order valence-corrected chi connectivity index (χ2v) is 3.56. The predicted molar refractivity (Wildman–Crippen MR) is 60.1 cm³/mol. The maximum absolute atomic E-state index is 6.01. The average molecular weight is 214 g/mol. The summed E-state index contributed by atoms with van der Waals surface area (Å²) in [5.74, 6) is 0.913. The summed E-state index contributed by atoms with van der Waals surface area (Å²) in [4.78, 5) is 0. The molecular formula is C11H16ClNO. The Balaban J connectivity index is 0.000000980. The van der Waals surface area contributed by atoms with Crippen LogP contribution in [0.5, 0.6) is 5.75 Å². The lowest BCUT2D eigenvalue weighted by Crippen LogP contribution is -2.17. The predicted octanol–water partition coefficient (Wildman–Crippen LogP) is 2.45. The summed E-state index contributed by atoms with van der Waals surface area (Å²) in [5.41, 5.74) is 8.67. The fraction of sp³-hybridized carbons (Fsp3) is 0.455. The molecular weight excluding hydrogens is 198 g/mol. The van der Waals surface area contributed by atoms with Gasteiger partial charge in [-0.25, -0.2) is 0 Å². The quantitative estimate of drug-likeness (QED) is 0.778. The van der Waals surface area contributed by atoms with E-state index in [4.69, 9.17) is 10.5 Å². The maximum Gasteiger partial charge on any atom is 0.119 e. The van der Waals surface area contributed by atoms with E-state index in [-0.39, 0.29) is 18.4 Å². The highest BCUT2D eigenvalue weighted by atomic mass is 35.5. The Morgan fingerprint density at radius 3 is 2.93 bits per heavy atom. The van der Waals surface area contributed by atoms with Gasteiger partial charge in [0.15, 0.2) is 0 Å². The van der Waals surface area contributed by atoms with Crippen LogP contribution in [0.4, 0.5) is 0 Å². The Bertz CT molecular complexity index is 314. The van der Waals surface area contributed by atoms with Crippen molar-refractivity contribution in [1.82, 2.24) is 0 Å². The second kappa shape index (κ2) is 4.67. The molecule has 1 aliphatic carbocycles. The first-order valence-electron chi connectivity index (χ1n) is 4.73. The van der Waals surface area contributed by atoms with Crippen LogP contribution in [0.3, 0.4) is 0 Å². The molecule has 1 aliphatic rings. The van der Waals surface area contributed by atoms with E-state index in [1.54, 1.807) is 7.11 Å². The molecule has 0 radical (unpaired) electrons. The first-order chi connectivity index (χ1) is 6.31. The smallest absolute Gasteiger partial charge is 0.119 e. The molecule has 0 fully saturated rings. The average Bonchev–Trinajstić information content (AvgIpc) is 2.18. The summed E-state index contributed by atoms with van der Waals surface area (Å²) in [6.45, 7) is 0. The van der Waals surface area contributed by atoms with Gasteiger partial charge in [0.1, 0.15) is 5.75 Å². The number of methoxy groups -OCH3 is 1. The van der Waals surface area contributed by atoms with Crippen LogP contribution >= 0.6 is 12.4 Å². The van der Waals surface area contributed by atoms with Gasteiger partial charge in [0, 0.05) is 6.04 Å². The molecule has 3 heteroatoms. The number of rotatable bonds is 1. The standard InChI is InChI=1S/C11H15NO.ClH/c1-13-9-6-5-8-3-2-4-11(12)10(8)7-9;/h5-7,11H,2-4,12H2,1H3;1H/t11-;/m0./s1. The van der Waals surface area contributed by atoms with Crippen LogP contribution in [-0.2, 0) is 6.42 Å². The van der Waals surface area contributed by atoms with E-state index in [1.165, 1.54) is 17.5 Å². The zero-order valence-electron chi connectivity index (χ0n) is 8.32. The van der Waals surface area contributed by atoms with Gasteiger partial charge in [0.05, 0.1) is 7.11 Å². The molecule has 0 aromatic heterocycles. The largest absolute Gasteiger partial charge is 0.497 e. The van der Waals surface area contributed by atoms with Gasteiger partial charge in [-0.05, 0) is 42.5 Å². The molecule has 0 heterocycles. The minimum atomic E-state index is 0. The van der Waals surface area contributed by atoms with E-state index < -0.39 is 0 Å². The lowest BCUT2D eigenvalue weighted by Gasteiger charge is -2.22. The van der Waals surface area contributed by atoms with Crippen LogP contribution in [0.2, 0.25) is 0 Å². The second-order valence-electron chi connectivity index (χ2n) is 3.56. The molecule has 0 saturated heterocycles. The molecule has 1 aromatic rings. The van der Waals surface area contributed by atoms with Crippen molar-refractivity contribution in [3.8, 4) is 5.75 Å². The fourth-order valence-corrected chi connectivity index (χ4v) is 1.94. The van der Waals surface area contributed by atoms with Crippen LogP contribution in [-0.4, -0.2) is 7.11 Å². The summed E-state index contributed by atoms with van der Waals surface area (Å²) < 4.78 is 5.17. The maximum atomic E-state index is 6.01. The third kappa shape index (κ3) is 2.02. The highest BCUT2D eigenvalue weighted by molar-refractivity contribution is 5.85. The monoisotopic (exact) mass is 213 g/mol. The van der Waals surface area contributed by atoms with Crippen molar-refractivity contribution >= 4 is 12.4 Å². The Labute approximate surface area is 90.9 Å². The molecule has 0 bridgehead atoms. The van der Waals surface area contributed by atoms with E-state index in [0.29, 0.717) is 0 Å². The Kier molecular flexibility index (Phi) is 3.78. The van der Waals surface area contributed by atoms with E-state index >= 15 is 0 Å². The first-order valence-corrected chi connectivity index (χ1v) is 4.73. The van der Waals surface area contributed by atoms with Crippen LogP contribution < -0.4 is 10.5 Å². The van der Waals surface area contributed by atoms with Crippen LogP contribution in [0, 0.1) is 0 Å². The minimum absolute atomic E-state index is 0. The number of ether oxygens (including phenoxy) is 1. The van der Waals surface area contributed by atoms with Gasteiger partial charge < -0.3 is 10.5 Å². The third-order valence-electron chi connectivity index (χ3n) is 2.71. The van der Waals surface area contributed by atoms with E-state index in [0.717, 1.165) is 18.6 Å². The van der Waals surface area contributed by atoms with Gasteiger partial charge in [0.25, 0.3) is 0 Å². The molecule has 0 saturated carbocycles. The fourth-order valence-electron chi connectivity index (χ4n) is 1.94. The molecule has 1 aromatic carbocycles. The summed E-state index contributed by atoms with van der Waals surface area (Å²) in [7, 11) is 1.69. The van der Waals surface area contributed by atoms with Gasteiger partial charge in [-0.15, -0.1) is 12.4 Å². The summed E-state index contributed by atoms with van der Waals surface area (Å²) in [6.07, 6.45) is 3.47. The van der Waals surface area contributed by atoms with Gasteiger partial charge in [0.2, 0.25) is 0 Å². The molecule has 2 rings (SSSR count). The van der Waals surface area contributed by atoms with Crippen molar-refractivity contribution in [2.75, 3.05) is 7.11 Å². The van der Waals surface area contributed by atoms with Crippen LogP contribution in [0.15, 0.2) is 18.2 Å². The van der Waals surface area contributed by atoms with Crippen molar-refractivity contribution < 1.29 is 4.74 Å². The lowest BCUT2D eigenvalue weighted by molar-refractivity contribution is 0.412. The lowest BCUT2D eigenvalue weighted by atomic mass is 9.88. The number of aryl methyl sites for hydroxylation is 1. The highest BCUT2D eigenvalue weighted by Crippen LogP contribution is 2.30. The number of hydrogen-bond donors (Lipinski definition) is 1. The van der Waals surface area contributed by atoms with Crippen molar-refractivity contribution in [2.24, 2.45) is 5.73 Å². The van der Waals surface area contributed by atoms with Gasteiger partial charge in [-0.3, -0.25) is 0 Å². The number of hydrogen-bond acceptors (Lipinski definition) is 2. The molecule has 2 N–H and O–H groups in total. The van der Waals surface area contributed by atoms with E-state index in [9.17, 15) is 0 Å². The Hall–Kier alpha value is -0.730. The third-order valence-corrected chi connectivity index (χ3v) is 2.71. The Morgan fingerprint density at radius 1 is 1.43 bits per heavy atom. The molecule has 1 atom stereocenters. The number of benzene rings is 1. The summed E-state index contributed by atoms with van der Waals surface area (Å²) in [5, 5.41) is 0. The number of halogens is 1. The molecule has 0 unspecified atom stereocenters. The van der Waals surface area contributed by atoms with Crippen molar-refractivity contribution in [3.05, 3.63) is 29.3 Å². The van der Waals surface area contributed by atoms with Gasteiger partial charge in [-0.2, -0.15) is 0 Å². The topological polar surface area (TPSA) is 35.2 Å². The highest BCUT2D eigenvalue weighted by Gasteiger charge is 2.16. The summed E-state index contributed by atoms with van der Waals surface area (Å²) >= 11 is 0. The molecule has 0 amide bonds. The van der Waals surface area contributed by atoms with Crippen molar-refractivity contribution in [1.29, 1.82) is 0 Å². The van der Waals surface area contributed by atoms with Crippen LogP contribution in [0.25, 0.3) is 0 Å². The van der Waals surface area contributed by atoms with Gasteiger partial charge >= 0.3 is 0 Å². The Morgan fingerprint density at radius 2 is 2.21 bits per heavy atom. The van der Waals surface area contributed by atoms with E-state index in [1.807, 2.05) is 6.07 Å².